The Hall–Kier alpha value is -3.49. The molecule has 0 saturated heterocycles. The van der Waals surface area contributed by atoms with Crippen molar-refractivity contribution in [1.82, 2.24) is 19.9 Å². The number of carbonyl (C=O) groups is 1. The molecule has 0 aliphatic carbocycles. The summed E-state index contributed by atoms with van der Waals surface area (Å²) in [6.07, 6.45) is 2.69. The molecular formula is C21H14Cl2FN5O2. The van der Waals surface area contributed by atoms with Crippen LogP contribution < -0.4 is 16.2 Å². The van der Waals surface area contributed by atoms with Crippen LogP contribution in [0.2, 0.25) is 10.0 Å². The Morgan fingerprint density at radius 3 is 2.42 bits per heavy atom. The summed E-state index contributed by atoms with van der Waals surface area (Å²) in [7, 11) is 0. The molecule has 0 unspecified atom stereocenters. The number of hydrogen-bond acceptors (Lipinski definition) is 4. The van der Waals surface area contributed by atoms with Crippen LogP contribution in [-0.4, -0.2) is 20.6 Å². The fourth-order valence-electron chi connectivity index (χ4n) is 3.00. The molecule has 2 N–H and O–H groups in total. The van der Waals surface area contributed by atoms with Crippen LogP contribution in [0.3, 0.4) is 0 Å². The molecule has 0 bridgehead atoms. The third-order valence-electron chi connectivity index (χ3n) is 4.43. The number of para-hydroxylation sites is 1. The highest BCUT2D eigenvalue weighted by atomic mass is 35.5. The van der Waals surface area contributed by atoms with Crippen LogP contribution >= 0.6 is 23.2 Å². The van der Waals surface area contributed by atoms with Gasteiger partial charge in [0.25, 0.3) is 5.56 Å². The van der Waals surface area contributed by atoms with Gasteiger partial charge in [0.2, 0.25) is 0 Å². The monoisotopic (exact) mass is 457 g/mol. The molecule has 4 aromatic rings. The second kappa shape index (κ2) is 8.71. The van der Waals surface area contributed by atoms with E-state index in [2.05, 4.69) is 20.6 Å². The largest absolute Gasteiger partial charge is 0.331 e. The normalized spacial score (nSPS) is 10.8. The topological polar surface area (TPSA) is 88.9 Å². The van der Waals surface area contributed by atoms with E-state index in [-0.39, 0.29) is 33.7 Å². The van der Waals surface area contributed by atoms with Crippen LogP contribution in [0.4, 0.5) is 14.9 Å². The van der Waals surface area contributed by atoms with E-state index in [0.29, 0.717) is 16.6 Å². The molecule has 0 fully saturated rings. The number of carbonyl (C=O) groups excluding carboxylic acids is 1. The zero-order chi connectivity index (χ0) is 22.0. The number of halogens is 3. The number of urea groups is 1. The van der Waals surface area contributed by atoms with Crippen molar-refractivity contribution in [3.63, 3.8) is 0 Å². The molecule has 0 saturated carbocycles. The minimum Gasteiger partial charge on any atom is -0.331 e. The molecule has 2 amide bonds. The van der Waals surface area contributed by atoms with E-state index in [9.17, 15) is 14.0 Å². The maximum absolute atomic E-state index is 13.4. The van der Waals surface area contributed by atoms with Gasteiger partial charge in [0.1, 0.15) is 11.6 Å². The number of benzene rings is 2. The Balaban J connectivity index is 1.68. The lowest BCUT2D eigenvalue weighted by Gasteiger charge is -2.15. The zero-order valence-electron chi connectivity index (χ0n) is 15.8. The number of hydrogen-bond donors (Lipinski definition) is 2. The van der Waals surface area contributed by atoms with Gasteiger partial charge in [0.15, 0.2) is 0 Å². The van der Waals surface area contributed by atoms with Gasteiger partial charge in [-0.3, -0.25) is 14.3 Å². The molecule has 0 aliphatic rings. The Kier molecular flexibility index (Phi) is 5.83. The van der Waals surface area contributed by atoms with Gasteiger partial charge in [0, 0.05) is 12.4 Å². The number of rotatable bonds is 4. The van der Waals surface area contributed by atoms with Crippen molar-refractivity contribution in [2.75, 3.05) is 5.32 Å². The zero-order valence-corrected chi connectivity index (χ0v) is 17.3. The predicted molar refractivity (Wildman–Crippen MR) is 117 cm³/mol. The van der Waals surface area contributed by atoms with E-state index in [1.807, 2.05) is 0 Å². The van der Waals surface area contributed by atoms with Crippen LogP contribution in [0.25, 0.3) is 16.6 Å². The summed E-state index contributed by atoms with van der Waals surface area (Å²) in [5.74, 6) is -0.173. The Morgan fingerprint density at radius 2 is 1.71 bits per heavy atom. The minimum absolute atomic E-state index is 0.0936. The van der Waals surface area contributed by atoms with Gasteiger partial charge in [0.05, 0.1) is 38.9 Å². The van der Waals surface area contributed by atoms with Crippen molar-refractivity contribution in [3.8, 4) is 5.69 Å². The second-order valence-corrected chi connectivity index (χ2v) is 7.26. The molecule has 2 aromatic heterocycles. The Labute approximate surface area is 185 Å². The predicted octanol–water partition coefficient (Wildman–Crippen LogP) is 4.55. The molecular weight excluding hydrogens is 444 g/mol. The summed E-state index contributed by atoms with van der Waals surface area (Å²) in [5.41, 5.74) is 0.762. The van der Waals surface area contributed by atoms with Crippen molar-refractivity contribution in [3.05, 3.63) is 93.0 Å². The lowest BCUT2D eigenvalue weighted by Crippen LogP contribution is -2.32. The van der Waals surface area contributed by atoms with Crippen molar-refractivity contribution in [1.29, 1.82) is 0 Å². The van der Waals surface area contributed by atoms with Crippen molar-refractivity contribution >= 4 is 45.8 Å². The van der Waals surface area contributed by atoms with Crippen LogP contribution in [-0.2, 0) is 6.54 Å². The summed E-state index contributed by atoms with van der Waals surface area (Å²) < 4.78 is 14.7. The maximum Gasteiger partial charge on any atom is 0.319 e. The highest BCUT2D eigenvalue weighted by molar-refractivity contribution is 6.39. The highest BCUT2D eigenvalue weighted by Crippen LogP contribution is 2.28. The Morgan fingerprint density at radius 1 is 1.03 bits per heavy atom. The van der Waals surface area contributed by atoms with E-state index in [1.165, 1.54) is 41.2 Å². The van der Waals surface area contributed by atoms with Crippen LogP contribution in [0.5, 0.6) is 0 Å². The first-order valence-corrected chi connectivity index (χ1v) is 9.80. The number of nitrogens with zero attached hydrogens (tertiary/aromatic N) is 3. The molecule has 10 heteroatoms. The quantitative estimate of drug-likeness (QED) is 0.470. The molecule has 31 heavy (non-hydrogen) atoms. The van der Waals surface area contributed by atoms with E-state index in [1.54, 1.807) is 24.3 Å². The van der Waals surface area contributed by atoms with Gasteiger partial charge in [-0.2, -0.15) is 0 Å². The maximum atomic E-state index is 13.4. The van der Waals surface area contributed by atoms with E-state index in [4.69, 9.17) is 23.2 Å². The number of amides is 2. The average Bonchev–Trinajstić information content (AvgIpc) is 2.76. The van der Waals surface area contributed by atoms with Gasteiger partial charge < -0.3 is 10.6 Å². The molecule has 156 valence electrons. The molecule has 2 heterocycles. The molecule has 0 radical (unpaired) electrons. The van der Waals surface area contributed by atoms with E-state index >= 15 is 0 Å². The van der Waals surface area contributed by atoms with Gasteiger partial charge >= 0.3 is 6.03 Å². The standard InChI is InChI=1S/C21H14Cl2FN5O2/c22-15-9-25-10-16(23)19(15)28-21(31)26-11-18-27-17-4-2-1-3-14(17)20(30)29(18)13-7-5-12(24)6-8-13/h1-10H,11H2,(H2,25,26,28,31). The number of fused-ring (bicyclic) bond motifs is 1. The number of pyridine rings is 1. The number of anilines is 1. The second-order valence-electron chi connectivity index (χ2n) is 6.45. The summed E-state index contributed by atoms with van der Waals surface area (Å²) in [6.45, 7) is -0.0936. The summed E-state index contributed by atoms with van der Waals surface area (Å²) in [5, 5.41) is 5.93. The fourth-order valence-corrected chi connectivity index (χ4v) is 3.46. The summed E-state index contributed by atoms with van der Waals surface area (Å²) in [4.78, 5) is 33.9. The minimum atomic E-state index is -0.608. The van der Waals surface area contributed by atoms with E-state index in [0.717, 1.165) is 0 Å². The SMILES string of the molecule is O=C(NCc1nc2ccccc2c(=O)n1-c1ccc(F)cc1)Nc1c(Cl)cncc1Cl. The van der Waals surface area contributed by atoms with Crippen molar-refractivity contribution < 1.29 is 9.18 Å². The van der Waals surface area contributed by atoms with Crippen LogP contribution in [0.1, 0.15) is 5.82 Å². The lowest BCUT2D eigenvalue weighted by molar-refractivity contribution is 0.251. The van der Waals surface area contributed by atoms with Crippen LogP contribution in [0, 0.1) is 5.82 Å². The first-order chi connectivity index (χ1) is 14.9. The van der Waals surface area contributed by atoms with Crippen LogP contribution in [0.15, 0.2) is 65.7 Å². The van der Waals surface area contributed by atoms with E-state index < -0.39 is 11.8 Å². The molecule has 0 atom stereocenters. The van der Waals surface area contributed by atoms with Crippen molar-refractivity contribution in [2.45, 2.75) is 6.54 Å². The number of aromatic nitrogens is 3. The number of nitrogens with one attached hydrogen (secondary N) is 2. The first kappa shape index (κ1) is 20.8. The van der Waals surface area contributed by atoms with Gasteiger partial charge in [-0.25, -0.2) is 14.2 Å². The summed E-state index contributed by atoms with van der Waals surface area (Å²) in [6, 6.07) is 11.7. The smallest absolute Gasteiger partial charge is 0.319 e. The molecule has 0 aliphatic heterocycles. The third kappa shape index (κ3) is 4.35. The molecule has 0 spiro atoms. The highest BCUT2D eigenvalue weighted by Gasteiger charge is 2.15. The fraction of sp³-hybridized carbons (Fsp3) is 0.0476. The van der Waals surface area contributed by atoms with Gasteiger partial charge in [-0.1, -0.05) is 35.3 Å². The average molecular weight is 458 g/mol. The van der Waals surface area contributed by atoms with Gasteiger partial charge in [-0.05, 0) is 36.4 Å². The molecule has 4 rings (SSSR count). The molecule has 2 aromatic carbocycles. The Bertz CT molecular complexity index is 1320. The van der Waals surface area contributed by atoms with Gasteiger partial charge in [-0.15, -0.1) is 0 Å². The summed E-state index contributed by atoms with van der Waals surface area (Å²) >= 11 is 12.0. The van der Waals surface area contributed by atoms with Crippen molar-refractivity contribution in [2.24, 2.45) is 0 Å². The lowest BCUT2D eigenvalue weighted by atomic mass is 10.2. The molecule has 7 nitrogen and oxygen atoms in total. The first-order valence-electron chi connectivity index (χ1n) is 9.04. The third-order valence-corrected chi connectivity index (χ3v) is 5.00.